The molecule has 1 aromatic heterocycles. The van der Waals surface area contributed by atoms with Crippen molar-refractivity contribution < 1.29 is 14.3 Å². The van der Waals surface area contributed by atoms with E-state index in [-0.39, 0.29) is 29.9 Å². The van der Waals surface area contributed by atoms with Gasteiger partial charge in [0.05, 0.1) is 18.3 Å². The molecule has 0 radical (unpaired) electrons. The highest BCUT2D eigenvalue weighted by Gasteiger charge is 2.28. The SMILES string of the molecule is CC(NC(=O)c1csc(CN2C(=O)COc3ccc(C(C)(C)C)cc32)n1)c1ccccc1. The zero-order valence-electron chi connectivity index (χ0n) is 18.7. The fourth-order valence-corrected chi connectivity index (χ4v) is 4.32. The Balaban J connectivity index is 1.51. The maximum Gasteiger partial charge on any atom is 0.271 e. The summed E-state index contributed by atoms with van der Waals surface area (Å²) in [7, 11) is 0. The molecule has 7 heteroatoms. The minimum Gasteiger partial charge on any atom is -0.482 e. The Labute approximate surface area is 192 Å². The maximum atomic E-state index is 12.7. The highest BCUT2D eigenvalue weighted by atomic mass is 32.1. The van der Waals surface area contributed by atoms with Gasteiger partial charge < -0.3 is 10.1 Å². The number of aromatic nitrogens is 1. The van der Waals surface area contributed by atoms with Crippen LogP contribution in [0.5, 0.6) is 5.75 Å². The van der Waals surface area contributed by atoms with Crippen molar-refractivity contribution in [2.75, 3.05) is 11.5 Å². The number of nitrogens with one attached hydrogen (secondary N) is 1. The number of benzene rings is 2. The number of thiazole rings is 1. The minimum absolute atomic E-state index is 0.00479. The topological polar surface area (TPSA) is 71.5 Å². The first-order valence-corrected chi connectivity index (χ1v) is 11.5. The average molecular weight is 450 g/mol. The average Bonchev–Trinajstić information content (AvgIpc) is 3.24. The number of hydrogen-bond acceptors (Lipinski definition) is 5. The van der Waals surface area contributed by atoms with Crippen molar-refractivity contribution >= 4 is 28.8 Å². The van der Waals surface area contributed by atoms with E-state index < -0.39 is 0 Å². The summed E-state index contributed by atoms with van der Waals surface area (Å²) < 4.78 is 5.63. The van der Waals surface area contributed by atoms with Crippen molar-refractivity contribution in [1.29, 1.82) is 0 Å². The molecule has 0 spiro atoms. The summed E-state index contributed by atoms with van der Waals surface area (Å²) in [6.07, 6.45) is 0. The summed E-state index contributed by atoms with van der Waals surface area (Å²) in [6.45, 7) is 8.63. The van der Waals surface area contributed by atoms with Crippen molar-refractivity contribution in [3.63, 3.8) is 0 Å². The van der Waals surface area contributed by atoms with E-state index in [0.717, 1.165) is 16.8 Å². The molecule has 2 heterocycles. The minimum atomic E-state index is -0.229. The van der Waals surface area contributed by atoms with Crippen molar-refractivity contribution in [1.82, 2.24) is 10.3 Å². The monoisotopic (exact) mass is 449 g/mol. The van der Waals surface area contributed by atoms with Crippen LogP contribution >= 0.6 is 11.3 Å². The van der Waals surface area contributed by atoms with E-state index in [9.17, 15) is 9.59 Å². The van der Waals surface area contributed by atoms with Gasteiger partial charge in [-0.05, 0) is 35.6 Å². The number of nitrogens with zero attached hydrogens (tertiary/aromatic N) is 2. The van der Waals surface area contributed by atoms with E-state index in [1.165, 1.54) is 11.3 Å². The van der Waals surface area contributed by atoms with Crippen molar-refractivity contribution in [2.24, 2.45) is 0 Å². The van der Waals surface area contributed by atoms with Gasteiger partial charge >= 0.3 is 0 Å². The Morgan fingerprint density at radius 2 is 1.97 bits per heavy atom. The number of carbonyl (C=O) groups is 2. The number of amides is 2. The van der Waals surface area contributed by atoms with Gasteiger partial charge in [-0.25, -0.2) is 4.98 Å². The van der Waals surface area contributed by atoms with Crippen LogP contribution in [0.4, 0.5) is 5.69 Å². The summed E-state index contributed by atoms with van der Waals surface area (Å²) in [4.78, 5) is 31.5. The molecule has 1 aliphatic rings. The van der Waals surface area contributed by atoms with Crippen molar-refractivity contribution in [2.45, 2.75) is 45.7 Å². The third-order valence-corrected chi connectivity index (χ3v) is 6.33. The predicted octanol–water partition coefficient (Wildman–Crippen LogP) is 4.86. The van der Waals surface area contributed by atoms with Crippen molar-refractivity contribution in [3.8, 4) is 5.75 Å². The molecule has 0 aliphatic carbocycles. The quantitative estimate of drug-likeness (QED) is 0.604. The van der Waals surface area contributed by atoms with Gasteiger partial charge in [0.25, 0.3) is 11.8 Å². The zero-order valence-corrected chi connectivity index (χ0v) is 19.5. The Bertz CT molecular complexity index is 1130. The molecule has 4 rings (SSSR count). The highest BCUT2D eigenvalue weighted by molar-refractivity contribution is 7.09. The predicted molar refractivity (Wildman–Crippen MR) is 126 cm³/mol. The van der Waals surface area contributed by atoms with Gasteiger partial charge in [-0.2, -0.15) is 0 Å². The first-order chi connectivity index (χ1) is 15.2. The molecular weight excluding hydrogens is 422 g/mol. The van der Waals surface area contributed by atoms with Gasteiger partial charge in [-0.3, -0.25) is 14.5 Å². The van der Waals surface area contributed by atoms with Crippen LogP contribution in [0.15, 0.2) is 53.9 Å². The van der Waals surface area contributed by atoms with Crippen molar-refractivity contribution in [3.05, 3.63) is 75.7 Å². The highest BCUT2D eigenvalue weighted by Crippen LogP contribution is 2.37. The molecule has 0 saturated carbocycles. The van der Waals surface area contributed by atoms with Crippen LogP contribution in [0.25, 0.3) is 0 Å². The third-order valence-electron chi connectivity index (χ3n) is 5.49. The molecule has 166 valence electrons. The van der Waals surface area contributed by atoms with E-state index in [1.54, 1.807) is 10.3 Å². The largest absolute Gasteiger partial charge is 0.482 e. The van der Waals surface area contributed by atoms with Gasteiger partial charge in [0.15, 0.2) is 6.61 Å². The Morgan fingerprint density at radius 1 is 1.22 bits per heavy atom. The normalized spacial score (nSPS) is 14.5. The van der Waals surface area contributed by atoms with Crippen LogP contribution in [-0.4, -0.2) is 23.4 Å². The van der Waals surface area contributed by atoms with Crippen LogP contribution in [0.2, 0.25) is 0 Å². The van der Waals surface area contributed by atoms with Crippen LogP contribution in [0, 0.1) is 0 Å². The second-order valence-corrected chi connectivity index (χ2v) is 9.88. The Morgan fingerprint density at radius 3 is 2.69 bits per heavy atom. The lowest BCUT2D eigenvalue weighted by Gasteiger charge is -2.31. The molecular formula is C25H27N3O3S. The molecule has 1 unspecified atom stereocenters. The summed E-state index contributed by atoms with van der Waals surface area (Å²) in [6, 6.07) is 15.6. The van der Waals surface area contributed by atoms with E-state index in [2.05, 4.69) is 31.1 Å². The molecule has 0 fully saturated rings. The summed E-state index contributed by atoms with van der Waals surface area (Å²) in [5.41, 5.74) is 3.20. The number of carbonyl (C=O) groups excluding carboxylic acids is 2. The van der Waals surface area contributed by atoms with E-state index in [4.69, 9.17) is 4.74 Å². The molecule has 6 nitrogen and oxygen atoms in total. The molecule has 1 aliphatic heterocycles. The lowest BCUT2D eigenvalue weighted by molar-refractivity contribution is -0.121. The Hall–Kier alpha value is -3.19. The van der Waals surface area contributed by atoms with Gasteiger partial charge in [0, 0.05) is 5.38 Å². The molecule has 3 aromatic rings. The number of rotatable bonds is 5. The fraction of sp³-hybridized carbons (Fsp3) is 0.320. The maximum absolute atomic E-state index is 12.7. The number of fused-ring (bicyclic) bond motifs is 1. The summed E-state index contributed by atoms with van der Waals surface area (Å²) in [5.74, 6) is 0.332. The first-order valence-electron chi connectivity index (χ1n) is 10.6. The second kappa shape index (κ2) is 8.74. The lowest BCUT2D eigenvalue weighted by Crippen LogP contribution is -2.38. The molecule has 2 aromatic carbocycles. The van der Waals surface area contributed by atoms with Crippen LogP contribution in [-0.2, 0) is 16.8 Å². The molecule has 0 bridgehead atoms. The molecule has 32 heavy (non-hydrogen) atoms. The zero-order chi connectivity index (χ0) is 22.9. The molecule has 0 saturated heterocycles. The van der Waals surface area contributed by atoms with Gasteiger partial charge in [-0.1, -0.05) is 57.2 Å². The summed E-state index contributed by atoms with van der Waals surface area (Å²) in [5, 5.41) is 5.42. The van der Waals surface area contributed by atoms with Gasteiger partial charge in [0.1, 0.15) is 16.5 Å². The van der Waals surface area contributed by atoms with Crippen LogP contribution in [0.3, 0.4) is 0 Å². The second-order valence-electron chi connectivity index (χ2n) is 8.93. The number of hydrogen-bond donors (Lipinski definition) is 1. The third kappa shape index (κ3) is 4.67. The summed E-state index contributed by atoms with van der Waals surface area (Å²) >= 11 is 1.37. The van der Waals surface area contributed by atoms with Gasteiger partial charge in [0.2, 0.25) is 0 Å². The van der Waals surface area contributed by atoms with E-state index in [0.29, 0.717) is 23.0 Å². The van der Waals surface area contributed by atoms with Crippen LogP contribution < -0.4 is 15.0 Å². The van der Waals surface area contributed by atoms with Crippen LogP contribution in [0.1, 0.15) is 60.4 Å². The smallest absolute Gasteiger partial charge is 0.271 e. The number of ether oxygens (including phenoxy) is 1. The number of anilines is 1. The molecule has 1 N–H and O–H groups in total. The first kappa shape index (κ1) is 22.0. The van der Waals surface area contributed by atoms with E-state index in [1.807, 2.05) is 55.5 Å². The van der Waals surface area contributed by atoms with E-state index >= 15 is 0 Å². The van der Waals surface area contributed by atoms with Gasteiger partial charge in [-0.15, -0.1) is 11.3 Å². The fourth-order valence-electron chi connectivity index (χ4n) is 3.56. The standard InChI is InChI=1S/C25H27N3O3S/c1-16(17-8-6-5-7-9-17)26-24(30)19-15-32-22(27-19)13-28-20-12-18(25(2,3)4)10-11-21(20)31-14-23(28)29/h5-12,15-16H,13-14H2,1-4H3,(H,26,30). The molecule has 1 atom stereocenters. The lowest BCUT2D eigenvalue weighted by atomic mass is 9.86. The molecule has 2 amide bonds. The Kier molecular flexibility index (Phi) is 6.02.